The lowest BCUT2D eigenvalue weighted by Gasteiger charge is -2.26. The molecule has 4 rings (SSSR count). The highest BCUT2D eigenvalue weighted by Gasteiger charge is 2.42. The summed E-state index contributed by atoms with van der Waals surface area (Å²) in [6.45, 7) is 4.71. The van der Waals surface area contributed by atoms with Gasteiger partial charge in [0.2, 0.25) is 5.91 Å². The van der Waals surface area contributed by atoms with E-state index in [9.17, 15) is 14.4 Å². The second-order valence-electron chi connectivity index (χ2n) is 8.65. The summed E-state index contributed by atoms with van der Waals surface area (Å²) in [5.74, 6) is -0.602. The SMILES string of the molecule is CN(C(=O)c1cc(C(N)=O)cn(Cc2ccccc2)c1=O)[C@@H]1C[C@H]1CCN1CCOCC1. The van der Waals surface area contributed by atoms with Crippen LogP contribution in [0.1, 0.15) is 39.1 Å². The van der Waals surface area contributed by atoms with Crippen molar-refractivity contribution >= 4 is 11.8 Å². The van der Waals surface area contributed by atoms with Gasteiger partial charge in [-0.05, 0) is 36.9 Å². The Morgan fingerprint density at radius 2 is 1.91 bits per heavy atom. The number of carbonyl (C=O) groups excluding carboxylic acids is 2. The molecule has 2 atom stereocenters. The fraction of sp³-hybridized carbons (Fsp3) is 0.458. The number of pyridine rings is 1. The minimum Gasteiger partial charge on any atom is -0.379 e. The number of rotatable bonds is 8. The summed E-state index contributed by atoms with van der Waals surface area (Å²) in [6, 6.07) is 10.9. The predicted octanol–water partition coefficient (Wildman–Crippen LogP) is 1.18. The molecule has 1 saturated heterocycles. The molecule has 2 N–H and O–H groups in total. The second kappa shape index (κ2) is 9.67. The number of carbonyl (C=O) groups is 2. The quantitative estimate of drug-likeness (QED) is 0.667. The molecule has 2 aliphatic rings. The van der Waals surface area contributed by atoms with Gasteiger partial charge in [-0.1, -0.05) is 30.3 Å². The molecule has 2 fully saturated rings. The van der Waals surface area contributed by atoms with E-state index >= 15 is 0 Å². The van der Waals surface area contributed by atoms with Gasteiger partial charge in [-0.3, -0.25) is 19.3 Å². The van der Waals surface area contributed by atoms with Gasteiger partial charge < -0.3 is 19.9 Å². The molecule has 1 aromatic carbocycles. The summed E-state index contributed by atoms with van der Waals surface area (Å²) in [5.41, 5.74) is 6.10. The number of amides is 2. The Morgan fingerprint density at radius 1 is 1.19 bits per heavy atom. The van der Waals surface area contributed by atoms with Crippen molar-refractivity contribution in [3.8, 4) is 0 Å². The van der Waals surface area contributed by atoms with Gasteiger partial charge >= 0.3 is 0 Å². The molecule has 0 spiro atoms. The van der Waals surface area contributed by atoms with Crippen molar-refractivity contribution in [3.05, 3.63) is 69.6 Å². The highest BCUT2D eigenvalue weighted by atomic mass is 16.5. The van der Waals surface area contributed by atoms with E-state index in [1.165, 1.54) is 16.8 Å². The van der Waals surface area contributed by atoms with E-state index in [0.717, 1.165) is 51.3 Å². The van der Waals surface area contributed by atoms with Crippen molar-refractivity contribution in [2.75, 3.05) is 39.9 Å². The first-order valence-electron chi connectivity index (χ1n) is 11.1. The van der Waals surface area contributed by atoms with Crippen LogP contribution in [0.2, 0.25) is 0 Å². The van der Waals surface area contributed by atoms with Crippen LogP contribution in [0.3, 0.4) is 0 Å². The number of morpholine rings is 1. The Morgan fingerprint density at radius 3 is 2.59 bits per heavy atom. The van der Waals surface area contributed by atoms with Crippen molar-refractivity contribution in [1.29, 1.82) is 0 Å². The predicted molar refractivity (Wildman–Crippen MR) is 121 cm³/mol. The molecule has 1 saturated carbocycles. The van der Waals surface area contributed by atoms with Crippen LogP contribution in [0.5, 0.6) is 0 Å². The summed E-state index contributed by atoms with van der Waals surface area (Å²) in [4.78, 5) is 42.2. The number of nitrogens with zero attached hydrogens (tertiary/aromatic N) is 3. The molecule has 0 bridgehead atoms. The zero-order valence-corrected chi connectivity index (χ0v) is 18.4. The molecule has 8 nitrogen and oxygen atoms in total. The third-order valence-electron chi connectivity index (χ3n) is 6.42. The third-order valence-corrected chi connectivity index (χ3v) is 6.42. The Bertz CT molecular complexity index is 1030. The topological polar surface area (TPSA) is 97.9 Å². The third kappa shape index (κ3) is 5.08. The van der Waals surface area contributed by atoms with Crippen LogP contribution in [-0.4, -0.2) is 72.1 Å². The maximum atomic E-state index is 13.2. The smallest absolute Gasteiger partial charge is 0.263 e. The Hall–Kier alpha value is -2.97. The largest absolute Gasteiger partial charge is 0.379 e. The monoisotopic (exact) mass is 438 g/mol. The van der Waals surface area contributed by atoms with Crippen LogP contribution in [0, 0.1) is 5.92 Å². The number of ether oxygens (including phenoxy) is 1. The summed E-state index contributed by atoms with van der Waals surface area (Å²) in [6.07, 6.45) is 3.37. The van der Waals surface area contributed by atoms with Gasteiger partial charge in [0, 0.05) is 32.4 Å². The average molecular weight is 439 g/mol. The fourth-order valence-corrected chi connectivity index (χ4v) is 4.35. The van der Waals surface area contributed by atoms with E-state index < -0.39 is 11.5 Å². The number of hydrogen-bond donors (Lipinski definition) is 1. The molecule has 8 heteroatoms. The van der Waals surface area contributed by atoms with E-state index in [4.69, 9.17) is 10.5 Å². The van der Waals surface area contributed by atoms with Gasteiger partial charge in [0.05, 0.1) is 25.3 Å². The van der Waals surface area contributed by atoms with Gasteiger partial charge in [-0.2, -0.15) is 0 Å². The first-order valence-corrected chi connectivity index (χ1v) is 11.1. The molecule has 32 heavy (non-hydrogen) atoms. The summed E-state index contributed by atoms with van der Waals surface area (Å²) in [5, 5.41) is 0. The lowest BCUT2D eigenvalue weighted by Crippen LogP contribution is -2.38. The maximum Gasteiger partial charge on any atom is 0.263 e. The molecular formula is C24H30N4O4. The van der Waals surface area contributed by atoms with E-state index in [1.54, 1.807) is 11.9 Å². The maximum absolute atomic E-state index is 13.2. The van der Waals surface area contributed by atoms with E-state index in [2.05, 4.69) is 4.90 Å². The Kier molecular flexibility index (Phi) is 6.72. The molecule has 0 unspecified atom stereocenters. The van der Waals surface area contributed by atoms with Crippen molar-refractivity contribution in [2.24, 2.45) is 11.7 Å². The number of nitrogens with two attached hydrogens (primary N) is 1. The van der Waals surface area contributed by atoms with E-state index in [-0.39, 0.29) is 29.6 Å². The molecule has 2 heterocycles. The molecule has 2 aromatic rings. The number of benzene rings is 1. The molecule has 1 aromatic heterocycles. The molecular weight excluding hydrogens is 408 g/mol. The van der Waals surface area contributed by atoms with Gasteiger partial charge in [-0.15, -0.1) is 0 Å². The number of hydrogen-bond acceptors (Lipinski definition) is 5. The van der Waals surface area contributed by atoms with Crippen LogP contribution < -0.4 is 11.3 Å². The second-order valence-corrected chi connectivity index (χ2v) is 8.65. The first kappa shape index (κ1) is 22.2. The zero-order chi connectivity index (χ0) is 22.7. The summed E-state index contributed by atoms with van der Waals surface area (Å²) >= 11 is 0. The van der Waals surface area contributed by atoms with Crippen molar-refractivity contribution in [3.63, 3.8) is 0 Å². The molecule has 1 aliphatic carbocycles. The van der Waals surface area contributed by atoms with Crippen LogP contribution in [0.15, 0.2) is 47.4 Å². The van der Waals surface area contributed by atoms with Crippen molar-refractivity contribution < 1.29 is 14.3 Å². The zero-order valence-electron chi connectivity index (χ0n) is 18.4. The lowest BCUT2D eigenvalue weighted by atomic mass is 10.1. The molecule has 2 amide bonds. The molecule has 1 aliphatic heterocycles. The lowest BCUT2D eigenvalue weighted by molar-refractivity contribution is 0.0364. The van der Waals surface area contributed by atoms with Crippen molar-refractivity contribution in [2.45, 2.75) is 25.4 Å². The van der Waals surface area contributed by atoms with Crippen molar-refractivity contribution in [1.82, 2.24) is 14.4 Å². The number of aromatic nitrogens is 1. The first-order chi connectivity index (χ1) is 15.4. The minimum absolute atomic E-state index is 0.0152. The fourth-order valence-electron chi connectivity index (χ4n) is 4.35. The van der Waals surface area contributed by atoms with Crippen LogP contribution >= 0.6 is 0 Å². The highest BCUT2D eigenvalue weighted by Crippen LogP contribution is 2.38. The standard InChI is InChI=1S/C24H30N4O4/c1-26(21-14-18(21)7-8-27-9-11-32-12-10-27)23(30)20-13-19(22(25)29)16-28(24(20)31)15-17-5-3-2-4-6-17/h2-6,13,16,18,21H,7-12,14-15H2,1H3,(H2,25,29)/t18-,21-/m1/s1. The van der Waals surface area contributed by atoms with Gasteiger partial charge in [0.15, 0.2) is 0 Å². The number of primary amides is 1. The molecule has 0 radical (unpaired) electrons. The van der Waals surface area contributed by atoms with Gasteiger partial charge in [0.25, 0.3) is 11.5 Å². The van der Waals surface area contributed by atoms with Gasteiger partial charge in [-0.25, -0.2) is 0 Å². The normalized spacial score (nSPS) is 20.7. The Balaban J connectivity index is 1.47. The Labute approximate surface area is 187 Å². The van der Waals surface area contributed by atoms with Crippen LogP contribution in [0.25, 0.3) is 0 Å². The average Bonchev–Trinajstić information content (AvgIpc) is 3.59. The summed E-state index contributed by atoms with van der Waals surface area (Å²) < 4.78 is 6.78. The summed E-state index contributed by atoms with van der Waals surface area (Å²) in [7, 11) is 1.74. The molecule has 170 valence electrons. The van der Waals surface area contributed by atoms with E-state index in [1.807, 2.05) is 30.3 Å². The minimum atomic E-state index is -0.668. The van der Waals surface area contributed by atoms with E-state index in [0.29, 0.717) is 5.92 Å². The highest BCUT2D eigenvalue weighted by molar-refractivity contribution is 5.98. The van der Waals surface area contributed by atoms with Crippen LogP contribution in [0.4, 0.5) is 0 Å². The van der Waals surface area contributed by atoms with Gasteiger partial charge in [0.1, 0.15) is 5.56 Å². The van der Waals surface area contributed by atoms with Crippen LogP contribution in [-0.2, 0) is 11.3 Å².